The van der Waals surface area contributed by atoms with Crippen LogP contribution in [-0.4, -0.2) is 39.0 Å². The summed E-state index contributed by atoms with van der Waals surface area (Å²) >= 11 is 0. The summed E-state index contributed by atoms with van der Waals surface area (Å²) in [5.41, 5.74) is 1.09. The van der Waals surface area contributed by atoms with E-state index in [2.05, 4.69) is 14.9 Å². The van der Waals surface area contributed by atoms with Crippen molar-refractivity contribution in [3.05, 3.63) is 18.2 Å². The number of rotatable bonds is 3. The lowest BCUT2D eigenvalue weighted by atomic mass is 9.97. The molecule has 0 radical (unpaired) electrons. The van der Waals surface area contributed by atoms with Crippen molar-refractivity contribution >= 4 is 18.4 Å². The van der Waals surface area contributed by atoms with Crippen LogP contribution in [0.2, 0.25) is 0 Å². The number of imidazole rings is 1. The molecule has 1 aliphatic heterocycles. The Labute approximate surface area is 100 Å². The number of likely N-dealkylation sites (tertiary alicyclic amines) is 1. The van der Waals surface area contributed by atoms with Gasteiger partial charge in [-0.1, -0.05) is 0 Å². The summed E-state index contributed by atoms with van der Waals surface area (Å²) in [6.07, 6.45) is 4.98. The van der Waals surface area contributed by atoms with Crippen LogP contribution in [0.5, 0.6) is 0 Å². The molecule has 16 heavy (non-hydrogen) atoms. The number of nitrogens with one attached hydrogen (secondary N) is 1. The monoisotopic (exact) mass is 245 g/mol. The van der Waals surface area contributed by atoms with Crippen LogP contribution < -0.4 is 0 Å². The van der Waals surface area contributed by atoms with Crippen LogP contribution in [0, 0.1) is 5.92 Å². The van der Waals surface area contributed by atoms with Crippen molar-refractivity contribution in [2.75, 3.05) is 13.1 Å². The van der Waals surface area contributed by atoms with Crippen molar-refractivity contribution in [3.8, 4) is 0 Å². The van der Waals surface area contributed by atoms with Crippen molar-refractivity contribution in [3.63, 3.8) is 0 Å². The summed E-state index contributed by atoms with van der Waals surface area (Å²) in [7, 11) is 0. The Morgan fingerprint density at radius 3 is 2.75 bits per heavy atom. The van der Waals surface area contributed by atoms with E-state index in [4.69, 9.17) is 5.11 Å². The Morgan fingerprint density at radius 2 is 2.25 bits per heavy atom. The number of halogens is 1. The zero-order chi connectivity index (χ0) is 10.7. The average Bonchev–Trinajstić information content (AvgIpc) is 2.71. The van der Waals surface area contributed by atoms with Crippen molar-refractivity contribution in [2.45, 2.75) is 19.4 Å². The molecule has 0 bridgehead atoms. The molecular formula is C10H16ClN3O2. The molecule has 90 valence electrons. The lowest BCUT2D eigenvalue weighted by molar-refractivity contribution is -0.143. The van der Waals surface area contributed by atoms with Crippen molar-refractivity contribution in [1.29, 1.82) is 0 Å². The molecule has 0 amide bonds. The van der Waals surface area contributed by atoms with Crippen molar-refractivity contribution < 1.29 is 9.90 Å². The first-order valence-corrected chi connectivity index (χ1v) is 5.18. The number of carbonyl (C=O) groups is 1. The largest absolute Gasteiger partial charge is 0.481 e. The maximum absolute atomic E-state index is 10.7. The van der Waals surface area contributed by atoms with E-state index in [1.165, 1.54) is 0 Å². The minimum absolute atomic E-state index is 0. The maximum atomic E-state index is 10.7. The molecule has 0 spiro atoms. The molecule has 0 saturated carbocycles. The summed E-state index contributed by atoms with van der Waals surface area (Å²) < 4.78 is 0. The van der Waals surface area contributed by atoms with Crippen LogP contribution in [0.3, 0.4) is 0 Å². The molecule has 1 saturated heterocycles. The molecule has 1 aromatic heterocycles. The topological polar surface area (TPSA) is 69.2 Å². The molecular weight excluding hydrogens is 230 g/mol. The highest BCUT2D eigenvalue weighted by Gasteiger charge is 2.24. The first-order valence-electron chi connectivity index (χ1n) is 5.18. The van der Waals surface area contributed by atoms with E-state index in [9.17, 15) is 4.79 Å². The summed E-state index contributed by atoms with van der Waals surface area (Å²) in [5.74, 6) is -0.806. The number of piperidine rings is 1. The second-order valence-corrected chi connectivity index (χ2v) is 3.97. The summed E-state index contributed by atoms with van der Waals surface area (Å²) in [5, 5.41) is 8.85. The van der Waals surface area contributed by atoms with Gasteiger partial charge in [-0.15, -0.1) is 12.4 Å². The smallest absolute Gasteiger partial charge is 0.306 e. The van der Waals surface area contributed by atoms with E-state index in [1.807, 2.05) is 6.20 Å². The van der Waals surface area contributed by atoms with Crippen LogP contribution in [0.4, 0.5) is 0 Å². The third-order valence-electron chi connectivity index (χ3n) is 2.89. The third-order valence-corrected chi connectivity index (χ3v) is 2.89. The number of H-pyrrole nitrogens is 1. The number of carboxylic acids is 1. The predicted octanol–water partition coefficient (Wildman–Crippen LogP) is 1.13. The van der Waals surface area contributed by atoms with Gasteiger partial charge in [0.05, 0.1) is 12.2 Å². The molecule has 1 fully saturated rings. The van der Waals surface area contributed by atoms with Crippen molar-refractivity contribution in [1.82, 2.24) is 14.9 Å². The van der Waals surface area contributed by atoms with Gasteiger partial charge in [-0.2, -0.15) is 0 Å². The second kappa shape index (κ2) is 5.86. The minimum atomic E-state index is -0.656. The number of nitrogens with zero attached hydrogens (tertiary/aromatic N) is 2. The highest BCUT2D eigenvalue weighted by molar-refractivity contribution is 5.85. The summed E-state index contributed by atoms with van der Waals surface area (Å²) in [6, 6.07) is 0. The standard InChI is InChI=1S/C10H15N3O2.ClH/c14-10(15)8-1-3-13(4-2-8)6-9-5-11-7-12-9;/h5,7-8H,1-4,6H2,(H,11,12)(H,14,15);1H. The molecule has 0 aliphatic carbocycles. The van der Waals surface area contributed by atoms with Gasteiger partial charge in [0.15, 0.2) is 0 Å². The van der Waals surface area contributed by atoms with Crippen LogP contribution >= 0.6 is 12.4 Å². The molecule has 1 aliphatic rings. The number of hydrogen-bond acceptors (Lipinski definition) is 3. The maximum Gasteiger partial charge on any atom is 0.306 e. The minimum Gasteiger partial charge on any atom is -0.481 e. The van der Waals surface area contributed by atoms with Gasteiger partial charge in [-0.3, -0.25) is 9.69 Å². The fourth-order valence-corrected chi connectivity index (χ4v) is 1.95. The van der Waals surface area contributed by atoms with Gasteiger partial charge in [0, 0.05) is 18.4 Å². The number of carboxylic acid groups (broad SMARTS) is 1. The molecule has 2 heterocycles. The zero-order valence-electron chi connectivity index (χ0n) is 8.93. The highest BCUT2D eigenvalue weighted by atomic mass is 35.5. The first-order chi connectivity index (χ1) is 7.25. The highest BCUT2D eigenvalue weighted by Crippen LogP contribution is 2.18. The molecule has 0 atom stereocenters. The average molecular weight is 246 g/mol. The predicted molar refractivity (Wildman–Crippen MR) is 61.5 cm³/mol. The van der Waals surface area contributed by atoms with Crippen molar-refractivity contribution in [2.24, 2.45) is 5.92 Å². The normalized spacial score (nSPS) is 18.0. The Balaban J connectivity index is 0.00000128. The van der Waals surface area contributed by atoms with Gasteiger partial charge in [-0.25, -0.2) is 4.98 Å². The van der Waals surface area contributed by atoms with E-state index in [1.54, 1.807) is 6.33 Å². The van der Waals surface area contributed by atoms with E-state index < -0.39 is 5.97 Å². The quantitative estimate of drug-likeness (QED) is 0.838. The molecule has 0 aromatic carbocycles. The van der Waals surface area contributed by atoms with E-state index in [-0.39, 0.29) is 18.3 Å². The lowest BCUT2D eigenvalue weighted by Gasteiger charge is -2.29. The molecule has 0 unspecified atom stereocenters. The molecule has 2 rings (SSSR count). The van der Waals surface area contributed by atoms with Crippen LogP contribution in [0.25, 0.3) is 0 Å². The van der Waals surface area contributed by atoms with E-state index in [0.717, 1.165) is 38.2 Å². The van der Waals surface area contributed by atoms with Gasteiger partial charge >= 0.3 is 5.97 Å². The van der Waals surface area contributed by atoms with Crippen LogP contribution in [-0.2, 0) is 11.3 Å². The van der Waals surface area contributed by atoms with Gasteiger partial charge in [0.2, 0.25) is 0 Å². The van der Waals surface area contributed by atoms with Gasteiger partial charge in [0.25, 0.3) is 0 Å². The van der Waals surface area contributed by atoms with Gasteiger partial charge in [-0.05, 0) is 25.9 Å². The summed E-state index contributed by atoms with van der Waals surface area (Å²) in [6.45, 7) is 2.55. The Bertz CT molecular complexity index is 321. The number of aromatic amines is 1. The first kappa shape index (κ1) is 13.0. The third kappa shape index (κ3) is 3.21. The Morgan fingerprint density at radius 1 is 1.56 bits per heavy atom. The summed E-state index contributed by atoms with van der Waals surface area (Å²) in [4.78, 5) is 20.0. The zero-order valence-corrected chi connectivity index (χ0v) is 9.74. The second-order valence-electron chi connectivity index (χ2n) is 3.97. The van der Waals surface area contributed by atoms with E-state index >= 15 is 0 Å². The Kier molecular flexibility index (Phi) is 4.76. The fraction of sp³-hybridized carbons (Fsp3) is 0.600. The molecule has 1 aromatic rings. The molecule has 5 nitrogen and oxygen atoms in total. The van der Waals surface area contributed by atoms with Crippen LogP contribution in [0.1, 0.15) is 18.5 Å². The Hall–Kier alpha value is -1.07. The fourth-order valence-electron chi connectivity index (χ4n) is 1.95. The number of hydrogen-bond donors (Lipinski definition) is 2. The van der Waals surface area contributed by atoms with Gasteiger partial charge in [0.1, 0.15) is 0 Å². The number of aliphatic carboxylic acids is 1. The lowest BCUT2D eigenvalue weighted by Crippen LogP contribution is -2.35. The SMILES string of the molecule is Cl.O=C(O)C1CCN(Cc2cnc[nH]2)CC1. The molecule has 6 heteroatoms. The molecule has 2 N–H and O–H groups in total. The van der Waals surface area contributed by atoms with Gasteiger partial charge < -0.3 is 10.1 Å². The van der Waals surface area contributed by atoms with Crippen LogP contribution in [0.15, 0.2) is 12.5 Å². The number of aromatic nitrogens is 2. The van der Waals surface area contributed by atoms with E-state index in [0.29, 0.717) is 0 Å².